The van der Waals surface area contributed by atoms with Crippen molar-refractivity contribution in [2.45, 2.75) is 19.8 Å². The highest BCUT2D eigenvalue weighted by atomic mass is 16.2. The Labute approximate surface area is 65.5 Å². The number of ketones is 1. The number of carbonyl (C=O) groups is 2. The number of hydrogen-bond acceptors (Lipinski definition) is 3. The molecule has 0 saturated carbocycles. The van der Waals surface area contributed by atoms with Crippen LogP contribution in [0.15, 0.2) is 0 Å². The van der Waals surface area contributed by atoms with E-state index in [1.165, 1.54) is 0 Å². The number of rotatable bonds is 3. The predicted molar refractivity (Wildman–Crippen MR) is 39.6 cm³/mol. The largest absolute Gasteiger partial charge is 0.300 e. The van der Waals surface area contributed by atoms with Crippen molar-refractivity contribution < 1.29 is 9.59 Å². The first kappa shape index (κ1) is 8.20. The number of hydrazine groups is 1. The van der Waals surface area contributed by atoms with Gasteiger partial charge in [0.1, 0.15) is 5.78 Å². The molecule has 4 nitrogen and oxygen atoms in total. The molecule has 0 radical (unpaired) electrons. The van der Waals surface area contributed by atoms with E-state index in [1.54, 1.807) is 11.9 Å². The van der Waals surface area contributed by atoms with Gasteiger partial charge in [-0.25, -0.2) is 5.01 Å². The first-order chi connectivity index (χ1) is 5.18. The Kier molecular flexibility index (Phi) is 2.59. The van der Waals surface area contributed by atoms with Crippen LogP contribution in [0.2, 0.25) is 0 Å². The molecule has 11 heavy (non-hydrogen) atoms. The molecule has 0 spiro atoms. The maximum Gasteiger partial charge on any atom is 0.235 e. The van der Waals surface area contributed by atoms with Crippen LogP contribution in [0.5, 0.6) is 0 Å². The first-order valence-corrected chi connectivity index (χ1v) is 3.72. The lowest BCUT2D eigenvalue weighted by Crippen LogP contribution is -2.34. The third-order valence-corrected chi connectivity index (χ3v) is 1.63. The lowest BCUT2D eigenvalue weighted by atomic mass is 10.3. The Morgan fingerprint density at radius 1 is 1.73 bits per heavy atom. The van der Waals surface area contributed by atoms with Gasteiger partial charge in [0.05, 0.1) is 0 Å². The predicted octanol–water partition coefficient (Wildman–Crippen LogP) is -0.298. The molecule has 4 heteroatoms. The summed E-state index contributed by atoms with van der Waals surface area (Å²) in [5.41, 5.74) is 2.65. The fraction of sp³-hybridized carbons (Fsp3) is 0.714. The molecular formula is C7H12N2O2. The van der Waals surface area contributed by atoms with Gasteiger partial charge in [0, 0.05) is 25.9 Å². The van der Waals surface area contributed by atoms with E-state index in [9.17, 15) is 9.59 Å². The molecule has 0 aromatic rings. The van der Waals surface area contributed by atoms with Gasteiger partial charge in [-0.1, -0.05) is 0 Å². The average Bonchev–Trinajstić information content (AvgIpc) is 2.31. The molecule has 1 heterocycles. The van der Waals surface area contributed by atoms with Crippen molar-refractivity contribution in [3.8, 4) is 0 Å². The second kappa shape index (κ2) is 3.48. The van der Waals surface area contributed by atoms with Crippen LogP contribution in [0.25, 0.3) is 0 Å². The van der Waals surface area contributed by atoms with Gasteiger partial charge in [0.2, 0.25) is 5.91 Å². The first-order valence-electron chi connectivity index (χ1n) is 3.72. The molecule has 0 aromatic carbocycles. The standard InChI is InChI=1S/C7H12N2O2/c1-6(10)2-4-9-5-3-7(11)8-9/h2-5H2,1H3,(H,8,11). The molecule has 0 bridgehead atoms. The molecule has 1 saturated heterocycles. The number of carbonyl (C=O) groups excluding carboxylic acids is 2. The Bertz CT molecular complexity index is 179. The van der Waals surface area contributed by atoms with Crippen molar-refractivity contribution in [1.29, 1.82) is 0 Å². The van der Waals surface area contributed by atoms with Crippen LogP contribution in [0.1, 0.15) is 19.8 Å². The summed E-state index contributed by atoms with van der Waals surface area (Å²) in [4.78, 5) is 21.2. The maximum absolute atomic E-state index is 10.7. The zero-order chi connectivity index (χ0) is 8.27. The second-order valence-electron chi connectivity index (χ2n) is 2.72. The summed E-state index contributed by atoms with van der Waals surface area (Å²) in [7, 11) is 0. The summed E-state index contributed by atoms with van der Waals surface area (Å²) in [6.07, 6.45) is 1.07. The molecule has 1 amide bonds. The van der Waals surface area contributed by atoms with Gasteiger partial charge in [0.15, 0.2) is 0 Å². The van der Waals surface area contributed by atoms with Crippen molar-refractivity contribution in [3.05, 3.63) is 0 Å². The van der Waals surface area contributed by atoms with Crippen molar-refractivity contribution in [1.82, 2.24) is 10.4 Å². The van der Waals surface area contributed by atoms with Crippen molar-refractivity contribution >= 4 is 11.7 Å². The van der Waals surface area contributed by atoms with E-state index in [0.29, 0.717) is 19.4 Å². The van der Waals surface area contributed by atoms with E-state index in [1.807, 2.05) is 0 Å². The molecular weight excluding hydrogens is 144 g/mol. The highest BCUT2D eigenvalue weighted by molar-refractivity contribution is 5.78. The molecule has 0 aliphatic carbocycles. The highest BCUT2D eigenvalue weighted by Crippen LogP contribution is 1.98. The van der Waals surface area contributed by atoms with Gasteiger partial charge in [-0.2, -0.15) is 0 Å². The number of Topliss-reactive ketones (excluding diaryl/α,β-unsaturated/α-hetero) is 1. The van der Waals surface area contributed by atoms with Crippen molar-refractivity contribution in [2.75, 3.05) is 13.1 Å². The van der Waals surface area contributed by atoms with E-state index in [2.05, 4.69) is 5.43 Å². The summed E-state index contributed by atoms with van der Waals surface area (Å²) < 4.78 is 0. The molecule has 1 fully saturated rings. The van der Waals surface area contributed by atoms with Crippen molar-refractivity contribution in [2.24, 2.45) is 0 Å². The SMILES string of the molecule is CC(=O)CCN1CCC(=O)N1. The highest BCUT2D eigenvalue weighted by Gasteiger charge is 2.17. The minimum absolute atomic E-state index is 0.0496. The van der Waals surface area contributed by atoms with Crippen LogP contribution in [0.3, 0.4) is 0 Å². The third kappa shape index (κ3) is 2.67. The van der Waals surface area contributed by atoms with Crippen LogP contribution < -0.4 is 5.43 Å². The minimum atomic E-state index is 0.0496. The van der Waals surface area contributed by atoms with Crippen LogP contribution in [0.4, 0.5) is 0 Å². The quantitative estimate of drug-likeness (QED) is 0.610. The van der Waals surface area contributed by atoms with E-state index >= 15 is 0 Å². The number of nitrogens with zero attached hydrogens (tertiary/aromatic N) is 1. The topological polar surface area (TPSA) is 49.4 Å². The zero-order valence-electron chi connectivity index (χ0n) is 6.59. The van der Waals surface area contributed by atoms with Crippen LogP contribution in [0, 0.1) is 0 Å². The van der Waals surface area contributed by atoms with E-state index in [-0.39, 0.29) is 11.7 Å². The molecule has 1 N–H and O–H groups in total. The van der Waals surface area contributed by atoms with Gasteiger partial charge >= 0.3 is 0 Å². The molecule has 0 unspecified atom stereocenters. The van der Waals surface area contributed by atoms with Gasteiger partial charge in [-0.05, 0) is 6.92 Å². The maximum atomic E-state index is 10.7. The Morgan fingerprint density at radius 2 is 2.45 bits per heavy atom. The molecule has 0 atom stereocenters. The van der Waals surface area contributed by atoms with Gasteiger partial charge in [-0.3, -0.25) is 15.0 Å². The fourth-order valence-electron chi connectivity index (χ4n) is 0.985. The Hall–Kier alpha value is -0.900. The molecule has 0 aromatic heterocycles. The lowest BCUT2D eigenvalue weighted by molar-refractivity contribution is -0.122. The zero-order valence-corrected chi connectivity index (χ0v) is 6.59. The summed E-state index contributed by atoms with van der Waals surface area (Å²) in [6.45, 7) is 2.92. The van der Waals surface area contributed by atoms with Gasteiger partial charge in [-0.15, -0.1) is 0 Å². The van der Waals surface area contributed by atoms with Crippen LogP contribution in [-0.4, -0.2) is 29.8 Å². The Morgan fingerprint density at radius 3 is 2.91 bits per heavy atom. The van der Waals surface area contributed by atoms with E-state index < -0.39 is 0 Å². The minimum Gasteiger partial charge on any atom is -0.300 e. The summed E-state index contributed by atoms with van der Waals surface area (Å²) in [5.74, 6) is 0.208. The molecule has 62 valence electrons. The Balaban J connectivity index is 2.18. The number of nitrogens with one attached hydrogen (secondary N) is 1. The monoisotopic (exact) mass is 156 g/mol. The summed E-state index contributed by atoms with van der Waals surface area (Å²) >= 11 is 0. The number of hydrogen-bond donors (Lipinski definition) is 1. The fourth-order valence-corrected chi connectivity index (χ4v) is 0.985. The average molecular weight is 156 g/mol. The van der Waals surface area contributed by atoms with E-state index in [4.69, 9.17) is 0 Å². The second-order valence-corrected chi connectivity index (χ2v) is 2.72. The van der Waals surface area contributed by atoms with Crippen LogP contribution >= 0.6 is 0 Å². The summed E-state index contributed by atoms with van der Waals surface area (Å²) in [5, 5.41) is 1.78. The normalized spacial score (nSPS) is 18.5. The van der Waals surface area contributed by atoms with E-state index in [0.717, 1.165) is 6.54 Å². The summed E-state index contributed by atoms with van der Waals surface area (Å²) in [6, 6.07) is 0. The smallest absolute Gasteiger partial charge is 0.235 e. The third-order valence-electron chi connectivity index (χ3n) is 1.63. The molecule has 1 aliphatic rings. The molecule has 1 aliphatic heterocycles. The van der Waals surface area contributed by atoms with Gasteiger partial charge in [0.25, 0.3) is 0 Å². The lowest BCUT2D eigenvalue weighted by Gasteiger charge is -2.12. The van der Waals surface area contributed by atoms with Crippen LogP contribution in [-0.2, 0) is 9.59 Å². The molecule has 1 rings (SSSR count). The van der Waals surface area contributed by atoms with Crippen molar-refractivity contribution in [3.63, 3.8) is 0 Å². The number of amides is 1. The van der Waals surface area contributed by atoms with Gasteiger partial charge < -0.3 is 0 Å².